The number of amides is 1. The minimum Gasteiger partial charge on any atom is -0.479 e. The highest BCUT2D eigenvalue weighted by Gasteiger charge is 2.28. The van der Waals surface area contributed by atoms with Gasteiger partial charge in [-0.3, -0.25) is 4.79 Å². The van der Waals surface area contributed by atoms with Crippen molar-refractivity contribution in [1.29, 1.82) is 0 Å². The van der Waals surface area contributed by atoms with Gasteiger partial charge in [0, 0.05) is 13.5 Å². The minimum atomic E-state index is -0.470. The first-order valence-electron chi connectivity index (χ1n) is 12.4. The molecule has 9 nitrogen and oxygen atoms in total. The predicted octanol–water partition coefficient (Wildman–Crippen LogP) is 4.88. The van der Waals surface area contributed by atoms with Crippen molar-refractivity contribution in [3.05, 3.63) is 58.0 Å². The number of aromatic nitrogens is 2. The Hall–Kier alpha value is -3.59. The molecule has 0 aliphatic heterocycles. The zero-order chi connectivity index (χ0) is 26.6. The van der Waals surface area contributed by atoms with Crippen molar-refractivity contribution in [1.82, 2.24) is 9.97 Å². The third-order valence-corrected chi connectivity index (χ3v) is 6.75. The lowest BCUT2D eigenvalue weighted by Gasteiger charge is -2.33. The van der Waals surface area contributed by atoms with Crippen molar-refractivity contribution in [3.8, 4) is 17.8 Å². The molecule has 1 aliphatic carbocycles. The molecule has 37 heavy (non-hydrogen) atoms. The fourth-order valence-corrected chi connectivity index (χ4v) is 4.74. The van der Waals surface area contributed by atoms with Gasteiger partial charge in [-0.25, -0.2) is 0 Å². The van der Waals surface area contributed by atoms with Crippen LogP contribution in [0.25, 0.3) is 0 Å². The number of furan rings is 1. The highest BCUT2D eigenvalue weighted by molar-refractivity contribution is 6.03. The topological polar surface area (TPSA) is 105 Å². The van der Waals surface area contributed by atoms with E-state index in [1.54, 1.807) is 13.2 Å². The molecule has 9 heteroatoms. The standard InChI is InChI=1S/C28H35N3O6/c1-17-14-18-8-7-11-28(2,3)21(18)16-19(17)15-20-9-10-22(37-20)24(32)29-23-25(34-5)30-27(31-26(23)35-6)36-13-12-33-4/h9-10,14,16H,7-8,11-13,15H2,1-6H3,(H,29,32). The van der Waals surface area contributed by atoms with Crippen molar-refractivity contribution >= 4 is 11.6 Å². The van der Waals surface area contributed by atoms with Gasteiger partial charge in [-0.15, -0.1) is 0 Å². The van der Waals surface area contributed by atoms with Gasteiger partial charge in [0.25, 0.3) is 5.91 Å². The molecular weight excluding hydrogens is 474 g/mol. The summed E-state index contributed by atoms with van der Waals surface area (Å²) in [7, 11) is 4.44. The van der Waals surface area contributed by atoms with Crippen LogP contribution in [0.4, 0.5) is 5.69 Å². The second kappa shape index (κ2) is 11.2. The summed E-state index contributed by atoms with van der Waals surface area (Å²) in [6, 6.07) is 8.16. The predicted molar refractivity (Wildman–Crippen MR) is 139 cm³/mol. The highest BCUT2D eigenvalue weighted by Crippen LogP contribution is 2.38. The first kappa shape index (κ1) is 26.5. The zero-order valence-corrected chi connectivity index (χ0v) is 22.4. The number of nitrogens with one attached hydrogen (secondary N) is 1. The van der Waals surface area contributed by atoms with Crippen LogP contribution in [0.2, 0.25) is 0 Å². The molecule has 0 radical (unpaired) electrons. The number of ether oxygens (including phenoxy) is 4. The largest absolute Gasteiger partial charge is 0.479 e. The number of methoxy groups -OCH3 is 3. The van der Waals surface area contributed by atoms with E-state index in [1.165, 1.54) is 49.3 Å². The van der Waals surface area contributed by atoms with E-state index < -0.39 is 5.91 Å². The Morgan fingerprint density at radius 2 is 1.81 bits per heavy atom. The Bertz CT molecular complexity index is 1240. The molecule has 3 aromatic rings. The third-order valence-electron chi connectivity index (χ3n) is 6.75. The average molecular weight is 510 g/mol. The van der Waals surface area contributed by atoms with E-state index in [4.69, 9.17) is 23.4 Å². The maximum absolute atomic E-state index is 13.0. The number of carbonyl (C=O) groups is 1. The van der Waals surface area contributed by atoms with Gasteiger partial charge in [0.05, 0.1) is 20.8 Å². The lowest BCUT2D eigenvalue weighted by atomic mass is 9.71. The van der Waals surface area contributed by atoms with Crippen LogP contribution in [0, 0.1) is 6.92 Å². The Labute approximate surface area is 217 Å². The number of benzene rings is 1. The Morgan fingerprint density at radius 1 is 1.08 bits per heavy atom. The van der Waals surface area contributed by atoms with E-state index in [2.05, 4.69) is 48.2 Å². The van der Waals surface area contributed by atoms with Gasteiger partial charge in [-0.2, -0.15) is 9.97 Å². The van der Waals surface area contributed by atoms with Crippen LogP contribution < -0.4 is 19.5 Å². The number of carbonyl (C=O) groups excluding carboxylic acids is 1. The fourth-order valence-electron chi connectivity index (χ4n) is 4.74. The number of rotatable bonds is 10. The normalized spacial score (nSPS) is 14.1. The molecule has 1 aromatic carbocycles. The number of hydrogen-bond donors (Lipinski definition) is 1. The summed E-state index contributed by atoms with van der Waals surface area (Å²) in [5.74, 6) is 0.607. The van der Waals surface area contributed by atoms with Gasteiger partial charge < -0.3 is 28.7 Å². The summed E-state index contributed by atoms with van der Waals surface area (Å²) in [5.41, 5.74) is 5.64. The summed E-state index contributed by atoms with van der Waals surface area (Å²) in [4.78, 5) is 21.4. The molecule has 0 fully saturated rings. The molecule has 198 valence electrons. The van der Waals surface area contributed by atoms with E-state index in [1.807, 2.05) is 6.07 Å². The van der Waals surface area contributed by atoms with E-state index in [-0.39, 0.29) is 41.2 Å². The number of hydrogen-bond acceptors (Lipinski definition) is 8. The smallest absolute Gasteiger partial charge is 0.323 e. The number of nitrogens with zero attached hydrogens (tertiary/aromatic N) is 2. The quantitative estimate of drug-likeness (QED) is 0.386. The molecule has 2 aromatic heterocycles. The van der Waals surface area contributed by atoms with Crippen molar-refractivity contribution < 1.29 is 28.2 Å². The molecule has 2 heterocycles. The molecule has 0 bridgehead atoms. The summed E-state index contributed by atoms with van der Waals surface area (Å²) >= 11 is 0. The van der Waals surface area contributed by atoms with Crippen LogP contribution in [0.15, 0.2) is 28.7 Å². The SMILES string of the molecule is COCCOc1nc(OC)c(NC(=O)c2ccc(Cc3cc4c(cc3C)CCCC4(C)C)o2)c(OC)n1. The molecule has 1 N–H and O–H groups in total. The average Bonchev–Trinajstić information content (AvgIpc) is 3.34. The van der Waals surface area contributed by atoms with Gasteiger partial charge in [-0.05, 0) is 66.0 Å². The Balaban J connectivity index is 1.52. The Kier molecular flexibility index (Phi) is 8.02. The first-order chi connectivity index (χ1) is 17.7. The first-order valence-corrected chi connectivity index (χ1v) is 12.4. The lowest BCUT2D eigenvalue weighted by molar-refractivity contribution is 0.0994. The van der Waals surface area contributed by atoms with Crippen LogP contribution in [-0.4, -0.2) is 50.4 Å². The van der Waals surface area contributed by atoms with E-state index in [0.29, 0.717) is 18.8 Å². The highest BCUT2D eigenvalue weighted by atomic mass is 16.5. The number of aryl methyl sites for hydroxylation is 2. The second-order valence-electron chi connectivity index (χ2n) is 9.81. The second-order valence-corrected chi connectivity index (χ2v) is 9.81. The molecule has 1 amide bonds. The van der Waals surface area contributed by atoms with E-state index in [9.17, 15) is 4.79 Å². The van der Waals surface area contributed by atoms with Crippen molar-refractivity contribution in [2.24, 2.45) is 0 Å². The summed E-state index contributed by atoms with van der Waals surface area (Å²) in [6.07, 6.45) is 4.14. The maximum Gasteiger partial charge on any atom is 0.323 e. The van der Waals surface area contributed by atoms with Crippen LogP contribution in [0.3, 0.4) is 0 Å². The molecule has 0 atom stereocenters. The lowest BCUT2D eigenvalue weighted by Crippen LogP contribution is -2.24. The molecule has 1 aliphatic rings. The van der Waals surface area contributed by atoms with E-state index in [0.717, 1.165) is 6.42 Å². The van der Waals surface area contributed by atoms with Crippen LogP contribution in [0.1, 0.15) is 65.3 Å². The summed E-state index contributed by atoms with van der Waals surface area (Å²) < 4.78 is 27.0. The van der Waals surface area contributed by atoms with E-state index >= 15 is 0 Å². The Morgan fingerprint density at radius 3 is 2.49 bits per heavy atom. The third kappa shape index (κ3) is 5.88. The molecular formula is C28H35N3O6. The summed E-state index contributed by atoms with van der Waals surface area (Å²) in [5, 5.41) is 2.74. The number of fused-ring (bicyclic) bond motifs is 1. The van der Waals surface area contributed by atoms with Crippen molar-refractivity contribution in [2.45, 2.75) is 51.9 Å². The van der Waals surface area contributed by atoms with Gasteiger partial charge >= 0.3 is 6.01 Å². The fraction of sp³-hybridized carbons (Fsp3) is 0.464. The van der Waals surface area contributed by atoms with Crippen molar-refractivity contribution in [2.75, 3.05) is 39.9 Å². The van der Waals surface area contributed by atoms with Crippen LogP contribution in [0.5, 0.6) is 17.8 Å². The maximum atomic E-state index is 13.0. The molecule has 0 spiro atoms. The van der Waals surface area contributed by atoms with Crippen LogP contribution in [-0.2, 0) is 23.0 Å². The monoisotopic (exact) mass is 509 g/mol. The number of anilines is 1. The van der Waals surface area contributed by atoms with Crippen LogP contribution >= 0.6 is 0 Å². The van der Waals surface area contributed by atoms with Gasteiger partial charge in [0.15, 0.2) is 11.4 Å². The molecule has 0 unspecified atom stereocenters. The van der Waals surface area contributed by atoms with Gasteiger partial charge in [0.1, 0.15) is 12.4 Å². The molecule has 0 saturated carbocycles. The zero-order valence-electron chi connectivity index (χ0n) is 22.4. The van der Waals surface area contributed by atoms with Gasteiger partial charge in [-0.1, -0.05) is 26.0 Å². The van der Waals surface area contributed by atoms with Gasteiger partial charge in [0.2, 0.25) is 11.8 Å². The molecule has 0 saturated heterocycles. The summed E-state index contributed by atoms with van der Waals surface area (Å²) in [6.45, 7) is 7.38. The minimum absolute atomic E-state index is 0.0487. The molecule has 4 rings (SSSR count). The van der Waals surface area contributed by atoms with Crippen molar-refractivity contribution in [3.63, 3.8) is 0 Å².